The maximum absolute atomic E-state index is 12.1. The summed E-state index contributed by atoms with van der Waals surface area (Å²) < 4.78 is 5.44. The van der Waals surface area contributed by atoms with E-state index in [0.29, 0.717) is 19.0 Å². The van der Waals surface area contributed by atoms with E-state index >= 15 is 0 Å². The van der Waals surface area contributed by atoms with Crippen LogP contribution < -0.4 is 4.90 Å². The highest BCUT2D eigenvalue weighted by Crippen LogP contribution is 2.39. The number of nitrogens with zero attached hydrogens (tertiary/aromatic N) is 4. The van der Waals surface area contributed by atoms with Gasteiger partial charge in [-0.2, -0.15) is 0 Å². The monoisotopic (exact) mass is 318 g/mol. The molecule has 0 radical (unpaired) electrons. The van der Waals surface area contributed by atoms with Crippen molar-refractivity contribution >= 4 is 11.9 Å². The Morgan fingerprint density at radius 2 is 1.83 bits per heavy atom. The average molecular weight is 318 g/mol. The molecular weight excluding hydrogens is 292 g/mol. The molecule has 2 fully saturated rings. The fourth-order valence-electron chi connectivity index (χ4n) is 2.77. The number of anilines is 1. The zero-order chi connectivity index (χ0) is 16.6. The highest BCUT2D eigenvalue weighted by molar-refractivity contribution is 5.68. The molecule has 0 aromatic carbocycles. The Balaban J connectivity index is 1.62. The van der Waals surface area contributed by atoms with Gasteiger partial charge in [0.1, 0.15) is 17.2 Å². The fourth-order valence-corrected chi connectivity index (χ4v) is 2.77. The molecule has 6 heteroatoms. The molecule has 1 saturated heterocycles. The van der Waals surface area contributed by atoms with Crippen LogP contribution in [0.4, 0.5) is 10.6 Å². The van der Waals surface area contributed by atoms with E-state index in [-0.39, 0.29) is 6.09 Å². The van der Waals surface area contributed by atoms with E-state index in [2.05, 4.69) is 20.9 Å². The standard InChI is InChI=1S/C17H26N4O2/c1-12-18-14(13-5-6-13)11-15(19-12)20-7-9-21(10-8-20)16(22)23-17(2,3)4/h11,13H,5-10H2,1-4H3. The smallest absolute Gasteiger partial charge is 0.410 e. The van der Waals surface area contributed by atoms with Crippen molar-refractivity contribution in [3.05, 3.63) is 17.6 Å². The lowest BCUT2D eigenvalue weighted by atomic mass is 10.2. The molecule has 126 valence electrons. The Kier molecular flexibility index (Phi) is 4.17. The number of hydrogen-bond acceptors (Lipinski definition) is 5. The summed E-state index contributed by atoms with van der Waals surface area (Å²) in [6, 6.07) is 2.12. The number of piperazine rings is 1. The van der Waals surface area contributed by atoms with Gasteiger partial charge in [-0.3, -0.25) is 0 Å². The van der Waals surface area contributed by atoms with Gasteiger partial charge in [0.25, 0.3) is 0 Å². The lowest BCUT2D eigenvalue weighted by Gasteiger charge is -2.36. The zero-order valence-corrected chi connectivity index (χ0v) is 14.5. The summed E-state index contributed by atoms with van der Waals surface area (Å²) in [5.74, 6) is 2.45. The van der Waals surface area contributed by atoms with E-state index in [0.717, 1.165) is 24.7 Å². The van der Waals surface area contributed by atoms with Crippen LogP contribution in [0.2, 0.25) is 0 Å². The van der Waals surface area contributed by atoms with Crippen molar-refractivity contribution in [2.75, 3.05) is 31.1 Å². The summed E-state index contributed by atoms with van der Waals surface area (Å²) in [6.45, 7) is 10.5. The Bertz CT molecular complexity index is 585. The minimum atomic E-state index is -0.447. The molecule has 1 aromatic rings. The second kappa shape index (κ2) is 5.98. The first-order valence-corrected chi connectivity index (χ1v) is 8.40. The van der Waals surface area contributed by atoms with Gasteiger partial charge in [0.15, 0.2) is 0 Å². The summed E-state index contributed by atoms with van der Waals surface area (Å²) in [7, 11) is 0. The molecule has 0 unspecified atom stereocenters. The molecule has 1 amide bonds. The van der Waals surface area contributed by atoms with Crippen molar-refractivity contribution in [1.82, 2.24) is 14.9 Å². The van der Waals surface area contributed by atoms with E-state index in [1.807, 2.05) is 27.7 Å². The second-order valence-corrected chi connectivity index (χ2v) is 7.43. The predicted octanol–water partition coefficient (Wildman–Crippen LogP) is 2.72. The maximum Gasteiger partial charge on any atom is 0.410 e. The number of carbonyl (C=O) groups excluding carboxylic acids is 1. The average Bonchev–Trinajstić information content (AvgIpc) is 3.29. The summed E-state index contributed by atoms with van der Waals surface area (Å²) in [5, 5.41) is 0. The van der Waals surface area contributed by atoms with Crippen molar-refractivity contribution in [1.29, 1.82) is 0 Å². The van der Waals surface area contributed by atoms with Gasteiger partial charge in [0, 0.05) is 43.9 Å². The van der Waals surface area contributed by atoms with Crippen molar-refractivity contribution in [2.45, 2.75) is 52.1 Å². The van der Waals surface area contributed by atoms with Crippen LogP contribution in [0.15, 0.2) is 6.07 Å². The van der Waals surface area contributed by atoms with Gasteiger partial charge in [-0.15, -0.1) is 0 Å². The van der Waals surface area contributed by atoms with E-state index < -0.39 is 5.60 Å². The molecule has 1 aliphatic heterocycles. The molecule has 23 heavy (non-hydrogen) atoms. The zero-order valence-electron chi connectivity index (χ0n) is 14.5. The number of hydrogen-bond donors (Lipinski definition) is 0. The Hall–Kier alpha value is -1.85. The number of carbonyl (C=O) groups is 1. The van der Waals surface area contributed by atoms with Crippen LogP contribution in [0.1, 0.15) is 51.0 Å². The lowest BCUT2D eigenvalue weighted by Crippen LogP contribution is -2.50. The van der Waals surface area contributed by atoms with Crippen molar-refractivity contribution in [3.8, 4) is 0 Å². The first-order chi connectivity index (χ1) is 10.8. The molecule has 2 heterocycles. The number of aryl methyl sites for hydroxylation is 1. The Morgan fingerprint density at radius 1 is 1.17 bits per heavy atom. The predicted molar refractivity (Wildman–Crippen MR) is 88.8 cm³/mol. The van der Waals surface area contributed by atoms with Crippen molar-refractivity contribution < 1.29 is 9.53 Å². The number of aromatic nitrogens is 2. The first kappa shape index (κ1) is 16.0. The molecule has 0 N–H and O–H groups in total. The first-order valence-electron chi connectivity index (χ1n) is 8.40. The van der Waals surface area contributed by atoms with Gasteiger partial charge < -0.3 is 14.5 Å². The quantitative estimate of drug-likeness (QED) is 0.839. The van der Waals surface area contributed by atoms with Crippen molar-refractivity contribution in [3.63, 3.8) is 0 Å². The summed E-state index contributed by atoms with van der Waals surface area (Å²) in [6.07, 6.45) is 2.25. The van der Waals surface area contributed by atoms with Crippen LogP contribution in [0.25, 0.3) is 0 Å². The fraction of sp³-hybridized carbons (Fsp3) is 0.706. The molecule has 1 saturated carbocycles. The highest BCUT2D eigenvalue weighted by atomic mass is 16.6. The molecule has 3 rings (SSSR count). The van der Waals surface area contributed by atoms with Gasteiger partial charge in [-0.25, -0.2) is 14.8 Å². The van der Waals surface area contributed by atoms with E-state index in [1.54, 1.807) is 4.90 Å². The number of ether oxygens (including phenoxy) is 1. The van der Waals surface area contributed by atoms with Crippen LogP contribution in [0, 0.1) is 6.92 Å². The van der Waals surface area contributed by atoms with E-state index in [1.165, 1.54) is 18.5 Å². The maximum atomic E-state index is 12.1. The Morgan fingerprint density at radius 3 is 2.39 bits per heavy atom. The summed E-state index contributed by atoms with van der Waals surface area (Å²) >= 11 is 0. The normalized spacial score (nSPS) is 19.0. The molecule has 0 atom stereocenters. The minimum absolute atomic E-state index is 0.227. The molecule has 6 nitrogen and oxygen atoms in total. The molecule has 1 aliphatic carbocycles. The third-order valence-corrected chi connectivity index (χ3v) is 4.10. The van der Waals surface area contributed by atoms with Crippen LogP contribution in [-0.2, 0) is 4.74 Å². The van der Waals surface area contributed by atoms with Gasteiger partial charge in [0.05, 0.1) is 0 Å². The van der Waals surface area contributed by atoms with Gasteiger partial charge in [0.2, 0.25) is 0 Å². The van der Waals surface area contributed by atoms with Crippen molar-refractivity contribution in [2.24, 2.45) is 0 Å². The number of rotatable bonds is 2. The SMILES string of the molecule is Cc1nc(C2CC2)cc(N2CCN(C(=O)OC(C)(C)C)CC2)n1. The third kappa shape index (κ3) is 4.12. The molecule has 1 aromatic heterocycles. The molecule has 2 aliphatic rings. The van der Waals surface area contributed by atoms with Gasteiger partial charge in [-0.1, -0.05) is 0 Å². The highest BCUT2D eigenvalue weighted by Gasteiger charge is 2.29. The lowest BCUT2D eigenvalue weighted by molar-refractivity contribution is 0.0240. The van der Waals surface area contributed by atoms with Crippen LogP contribution >= 0.6 is 0 Å². The summed E-state index contributed by atoms with van der Waals surface area (Å²) in [4.78, 5) is 25.3. The largest absolute Gasteiger partial charge is 0.444 e. The minimum Gasteiger partial charge on any atom is -0.444 e. The molecule has 0 spiro atoms. The molecule has 0 bridgehead atoms. The van der Waals surface area contributed by atoms with Gasteiger partial charge in [-0.05, 0) is 40.5 Å². The van der Waals surface area contributed by atoms with E-state index in [4.69, 9.17) is 4.74 Å². The van der Waals surface area contributed by atoms with Gasteiger partial charge >= 0.3 is 6.09 Å². The van der Waals surface area contributed by atoms with Crippen LogP contribution in [-0.4, -0.2) is 52.7 Å². The van der Waals surface area contributed by atoms with E-state index in [9.17, 15) is 4.79 Å². The Labute approximate surface area is 137 Å². The third-order valence-electron chi connectivity index (χ3n) is 4.10. The topological polar surface area (TPSA) is 58.6 Å². The number of amides is 1. The second-order valence-electron chi connectivity index (χ2n) is 7.43. The van der Waals surface area contributed by atoms with Crippen LogP contribution in [0.5, 0.6) is 0 Å². The van der Waals surface area contributed by atoms with Crippen LogP contribution in [0.3, 0.4) is 0 Å². The summed E-state index contributed by atoms with van der Waals surface area (Å²) in [5.41, 5.74) is 0.721. The molecular formula is C17H26N4O2.